The zero-order valence-corrected chi connectivity index (χ0v) is 18.5. The molecule has 0 unspecified atom stereocenters. The predicted molar refractivity (Wildman–Crippen MR) is 128 cm³/mol. The third-order valence-corrected chi connectivity index (χ3v) is 6.08. The summed E-state index contributed by atoms with van der Waals surface area (Å²) in [4.78, 5) is 38.3. The quantitative estimate of drug-likeness (QED) is 0.119. The molecule has 186 valence electrons. The number of hydrogen-bond acceptors (Lipinski definition) is 11. The van der Waals surface area contributed by atoms with Gasteiger partial charge in [0, 0.05) is 5.56 Å². The van der Waals surface area contributed by atoms with Gasteiger partial charge in [-0.25, -0.2) is 9.59 Å². The van der Waals surface area contributed by atoms with Crippen LogP contribution in [0.3, 0.4) is 0 Å². The van der Waals surface area contributed by atoms with Crippen molar-refractivity contribution >= 4 is 28.2 Å². The van der Waals surface area contributed by atoms with E-state index in [1.807, 2.05) is 0 Å². The summed E-state index contributed by atoms with van der Waals surface area (Å²) in [6, 6.07) is 10.1. The molecule has 11 nitrogen and oxygen atoms in total. The van der Waals surface area contributed by atoms with E-state index >= 15 is 0 Å². The van der Waals surface area contributed by atoms with Crippen molar-refractivity contribution in [3.8, 4) is 34.5 Å². The normalized spacial score (nSPS) is 11.4. The van der Waals surface area contributed by atoms with Gasteiger partial charge in [-0.3, -0.25) is 4.79 Å². The minimum atomic E-state index is -1.64. The second kappa shape index (κ2) is 8.34. The highest BCUT2D eigenvalue weighted by Gasteiger charge is 2.34. The van der Waals surface area contributed by atoms with E-state index < -0.39 is 74.0 Å². The lowest BCUT2D eigenvalue weighted by Crippen LogP contribution is -2.22. The molecule has 0 saturated carbocycles. The number of carbonyl (C=O) groups excluding carboxylic acids is 1. The van der Waals surface area contributed by atoms with Crippen LogP contribution in [0.2, 0.25) is 0 Å². The highest BCUT2D eigenvalue weighted by atomic mass is 16.4. The molecular weight excluding hydrogens is 488 g/mol. The summed E-state index contributed by atoms with van der Waals surface area (Å²) < 4.78 is 10.4. The number of aromatic hydroxyl groups is 6. The Hall–Kier alpha value is -5.45. The molecule has 6 N–H and O–H groups in total. The molecule has 11 heteroatoms. The van der Waals surface area contributed by atoms with E-state index in [-0.39, 0.29) is 21.9 Å². The Morgan fingerprint density at radius 2 is 1.08 bits per heavy atom. The zero-order chi connectivity index (χ0) is 26.6. The molecule has 0 atom stereocenters. The van der Waals surface area contributed by atoms with Crippen molar-refractivity contribution < 1.29 is 44.3 Å². The molecule has 2 aromatic heterocycles. The van der Waals surface area contributed by atoms with Gasteiger partial charge in [0.05, 0.1) is 27.8 Å². The Kier molecular flexibility index (Phi) is 5.25. The van der Waals surface area contributed by atoms with Crippen molar-refractivity contribution in [2.75, 3.05) is 0 Å². The van der Waals surface area contributed by atoms with Crippen molar-refractivity contribution in [2.45, 2.75) is 5.92 Å². The molecule has 37 heavy (non-hydrogen) atoms. The number of rotatable bonds is 4. The van der Waals surface area contributed by atoms with Crippen LogP contribution in [0.1, 0.15) is 33.0 Å². The molecule has 0 saturated heterocycles. The SMILES string of the molecule is O=Cc1ccccc1C(c1c(O)c2ccc(O)c(O)c2oc1=O)c1c(O)c2ccc(O)c(O)c2oc1=O. The highest BCUT2D eigenvalue weighted by molar-refractivity contribution is 5.93. The number of aldehydes is 1. The molecule has 2 heterocycles. The molecule has 0 fully saturated rings. The number of fused-ring (bicyclic) bond motifs is 2. The van der Waals surface area contributed by atoms with E-state index in [0.717, 1.165) is 24.3 Å². The van der Waals surface area contributed by atoms with E-state index in [1.54, 1.807) is 0 Å². The number of hydrogen-bond donors (Lipinski definition) is 6. The standard InChI is InChI=1S/C26H16O11/c27-9-10-3-1-2-4-11(10)16(17-19(30)12-5-7-14(28)21(32)23(12)36-25(17)34)18-20(31)13-6-8-15(29)22(33)24(13)37-26(18)35/h1-9,16,28-33H. The average Bonchev–Trinajstić information content (AvgIpc) is 2.88. The van der Waals surface area contributed by atoms with Crippen molar-refractivity contribution in [1.82, 2.24) is 0 Å². The fourth-order valence-corrected chi connectivity index (χ4v) is 4.33. The summed E-state index contributed by atoms with van der Waals surface area (Å²) in [5.74, 6) is -6.05. The van der Waals surface area contributed by atoms with Gasteiger partial charge in [-0.1, -0.05) is 24.3 Å². The van der Waals surface area contributed by atoms with Crippen molar-refractivity contribution in [3.63, 3.8) is 0 Å². The average molecular weight is 504 g/mol. The minimum absolute atomic E-state index is 0.00685. The van der Waals surface area contributed by atoms with Crippen LogP contribution in [0.15, 0.2) is 67.0 Å². The van der Waals surface area contributed by atoms with Gasteiger partial charge in [0.25, 0.3) is 0 Å². The Bertz CT molecular complexity index is 1750. The van der Waals surface area contributed by atoms with Gasteiger partial charge in [0.1, 0.15) is 17.8 Å². The Morgan fingerprint density at radius 3 is 1.54 bits per heavy atom. The van der Waals surface area contributed by atoms with Crippen LogP contribution in [0.4, 0.5) is 0 Å². The van der Waals surface area contributed by atoms with Gasteiger partial charge < -0.3 is 39.5 Å². The van der Waals surface area contributed by atoms with Gasteiger partial charge in [0.15, 0.2) is 22.7 Å². The monoisotopic (exact) mass is 504 g/mol. The van der Waals surface area contributed by atoms with Crippen LogP contribution in [-0.4, -0.2) is 36.9 Å². The predicted octanol–water partition coefficient (Wildman–Crippen LogP) is 3.13. The lowest BCUT2D eigenvalue weighted by atomic mass is 9.82. The Balaban J connectivity index is 1.96. The molecule has 5 rings (SSSR count). The summed E-state index contributed by atoms with van der Waals surface area (Å²) in [6.07, 6.45) is 0.440. The van der Waals surface area contributed by atoms with Crippen molar-refractivity contribution in [1.29, 1.82) is 0 Å². The van der Waals surface area contributed by atoms with Gasteiger partial charge in [-0.15, -0.1) is 0 Å². The largest absolute Gasteiger partial charge is 0.507 e. The smallest absolute Gasteiger partial charge is 0.344 e. The van der Waals surface area contributed by atoms with Crippen LogP contribution in [0, 0.1) is 0 Å². The summed E-state index contributed by atoms with van der Waals surface area (Å²) in [7, 11) is 0. The van der Waals surface area contributed by atoms with Gasteiger partial charge in [-0.2, -0.15) is 0 Å². The molecule has 0 radical (unpaired) electrons. The molecule has 0 bridgehead atoms. The van der Waals surface area contributed by atoms with Crippen molar-refractivity contribution in [2.24, 2.45) is 0 Å². The van der Waals surface area contributed by atoms with Crippen LogP contribution < -0.4 is 11.3 Å². The lowest BCUT2D eigenvalue weighted by Gasteiger charge is -2.21. The van der Waals surface area contributed by atoms with Crippen LogP contribution in [-0.2, 0) is 0 Å². The fraction of sp³-hybridized carbons (Fsp3) is 0.0385. The van der Waals surface area contributed by atoms with E-state index in [9.17, 15) is 45.0 Å². The summed E-state index contributed by atoms with van der Waals surface area (Å²) in [6.45, 7) is 0. The summed E-state index contributed by atoms with van der Waals surface area (Å²) >= 11 is 0. The zero-order valence-electron chi connectivity index (χ0n) is 18.5. The van der Waals surface area contributed by atoms with Crippen LogP contribution in [0.5, 0.6) is 34.5 Å². The van der Waals surface area contributed by atoms with Crippen LogP contribution in [0.25, 0.3) is 21.9 Å². The fourth-order valence-electron chi connectivity index (χ4n) is 4.33. The molecule has 0 aliphatic rings. The first kappa shape index (κ1) is 23.3. The van der Waals surface area contributed by atoms with E-state index in [0.29, 0.717) is 6.29 Å². The van der Waals surface area contributed by atoms with Gasteiger partial charge in [0.2, 0.25) is 11.5 Å². The first-order valence-corrected chi connectivity index (χ1v) is 10.6. The van der Waals surface area contributed by atoms with Gasteiger partial charge in [-0.05, 0) is 29.8 Å². The molecule has 0 aliphatic carbocycles. The Morgan fingerprint density at radius 1 is 0.622 bits per heavy atom. The van der Waals surface area contributed by atoms with Gasteiger partial charge >= 0.3 is 11.3 Å². The molecule has 0 amide bonds. The molecule has 0 aliphatic heterocycles. The highest BCUT2D eigenvalue weighted by Crippen LogP contribution is 2.46. The number of phenolic OH excluding ortho intramolecular Hbond substituents is 4. The van der Waals surface area contributed by atoms with E-state index in [2.05, 4.69) is 0 Å². The molecular formula is C26H16O11. The van der Waals surface area contributed by atoms with E-state index in [1.165, 1.54) is 24.3 Å². The number of carbonyl (C=O) groups is 1. The van der Waals surface area contributed by atoms with Crippen LogP contribution >= 0.6 is 0 Å². The first-order valence-electron chi connectivity index (χ1n) is 10.6. The molecule has 3 aromatic carbocycles. The molecule has 5 aromatic rings. The number of benzene rings is 3. The second-order valence-electron chi connectivity index (χ2n) is 8.10. The lowest BCUT2D eigenvalue weighted by molar-refractivity contribution is 0.112. The van der Waals surface area contributed by atoms with E-state index in [4.69, 9.17) is 8.83 Å². The molecule has 0 spiro atoms. The topological polar surface area (TPSA) is 199 Å². The summed E-state index contributed by atoms with van der Waals surface area (Å²) in [5.41, 5.74) is -4.77. The minimum Gasteiger partial charge on any atom is -0.507 e. The third kappa shape index (κ3) is 3.40. The Labute approximate surface area is 204 Å². The van der Waals surface area contributed by atoms with Crippen molar-refractivity contribution in [3.05, 3.63) is 91.6 Å². The second-order valence-corrected chi connectivity index (χ2v) is 8.10. The first-order chi connectivity index (χ1) is 17.6. The maximum atomic E-state index is 13.2. The maximum absolute atomic E-state index is 13.2. The number of phenols is 4. The maximum Gasteiger partial charge on any atom is 0.344 e. The third-order valence-electron chi connectivity index (χ3n) is 6.08. The summed E-state index contributed by atoms with van der Waals surface area (Å²) in [5, 5.41) is 61.6.